The van der Waals surface area contributed by atoms with E-state index in [1.807, 2.05) is 17.0 Å². The maximum atomic E-state index is 12.8. The molecule has 22 heavy (non-hydrogen) atoms. The number of ether oxygens (including phenoxy) is 1. The largest absolute Gasteiger partial charge is 0.495 e. The number of carbonyl (C=O) groups excluding carboxylic acids is 1. The fraction of sp³-hybridized carbons (Fsp3) is 0.562. The molecule has 2 aliphatic rings. The number of rotatable bonds is 3. The summed E-state index contributed by atoms with van der Waals surface area (Å²) in [5.74, 6) is 0.865. The lowest BCUT2D eigenvalue weighted by Gasteiger charge is -2.35. The minimum absolute atomic E-state index is 0.173. The van der Waals surface area contributed by atoms with Gasteiger partial charge in [0.25, 0.3) is 0 Å². The lowest BCUT2D eigenvalue weighted by Crippen LogP contribution is -2.45. The topological polar surface area (TPSA) is 58.8 Å². The average molecular weight is 415 g/mol. The number of likely N-dealkylation sites (tertiary alicyclic amines) is 1. The van der Waals surface area contributed by atoms with Crippen LogP contribution in [0, 0.1) is 0 Å². The highest BCUT2D eigenvalue weighted by Gasteiger charge is 2.31. The molecule has 0 aliphatic carbocycles. The van der Waals surface area contributed by atoms with Crippen LogP contribution >= 0.6 is 22.6 Å². The summed E-state index contributed by atoms with van der Waals surface area (Å²) in [6.45, 7) is 2.57. The van der Waals surface area contributed by atoms with Crippen molar-refractivity contribution in [3.63, 3.8) is 0 Å². The highest BCUT2D eigenvalue weighted by molar-refractivity contribution is 14.1. The average Bonchev–Trinajstić information content (AvgIpc) is 2.99. The Hall–Kier alpha value is -1.02. The molecule has 5 nitrogen and oxygen atoms in total. The van der Waals surface area contributed by atoms with E-state index in [9.17, 15) is 4.79 Å². The molecule has 1 fully saturated rings. The number of nitrogens with two attached hydrogens (primary N) is 1. The van der Waals surface area contributed by atoms with Crippen molar-refractivity contribution in [3.05, 3.63) is 17.7 Å². The van der Waals surface area contributed by atoms with Crippen molar-refractivity contribution < 1.29 is 9.53 Å². The second-order valence-electron chi connectivity index (χ2n) is 5.94. The summed E-state index contributed by atoms with van der Waals surface area (Å²) in [5, 5.41) is 0. The Bertz CT molecular complexity index is 573. The highest BCUT2D eigenvalue weighted by Crippen LogP contribution is 2.38. The molecule has 0 aromatic heterocycles. The van der Waals surface area contributed by atoms with Crippen molar-refractivity contribution in [1.29, 1.82) is 0 Å². The number of benzene rings is 1. The summed E-state index contributed by atoms with van der Waals surface area (Å²) in [6.07, 6.45) is 4.31. The van der Waals surface area contributed by atoms with Crippen LogP contribution in [0.1, 0.15) is 24.8 Å². The van der Waals surface area contributed by atoms with Gasteiger partial charge in [-0.15, -0.1) is 0 Å². The third-order valence-electron chi connectivity index (χ3n) is 4.45. The van der Waals surface area contributed by atoms with Crippen LogP contribution in [0.2, 0.25) is 0 Å². The maximum absolute atomic E-state index is 12.8. The van der Waals surface area contributed by atoms with E-state index >= 15 is 0 Å². The first-order chi connectivity index (χ1) is 10.6. The van der Waals surface area contributed by atoms with Crippen LogP contribution in [0.25, 0.3) is 0 Å². The highest BCUT2D eigenvalue weighted by atomic mass is 127. The zero-order valence-electron chi connectivity index (χ0n) is 12.8. The number of alkyl halides is 1. The minimum atomic E-state index is 0.173. The van der Waals surface area contributed by atoms with Gasteiger partial charge in [-0.1, -0.05) is 22.6 Å². The maximum Gasteiger partial charge on any atom is 0.242 e. The van der Waals surface area contributed by atoms with Gasteiger partial charge in [-0.25, -0.2) is 0 Å². The molecule has 1 unspecified atom stereocenters. The van der Waals surface area contributed by atoms with E-state index in [4.69, 9.17) is 10.5 Å². The SMILES string of the molecule is COc1cc2c(cc1N)N(C(=O)CN1CCCC1)C(I)CC2. The molecule has 0 bridgehead atoms. The number of nitrogen functional groups attached to an aromatic ring is 1. The first-order valence-corrected chi connectivity index (χ1v) is 8.99. The minimum Gasteiger partial charge on any atom is -0.495 e. The lowest BCUT2D eigenvalue weighted by atomic mass is 10.0. The Labute approximate surface area is 144 Å². The van der Waals surface area contributed by atoms with Crippen molar-refractivity contribution in [2.24, 2.45) is 0 Å². The molecular formula is C16H22IN3O2. The van der Waals surface area contributed by atoms with Crippen LogP contribution in [0.3, 0.4) is 0 Å². The van der Waals surface area contributed by atoms with Crippen LogP contribution in [0.5, 0.6) is 5.75 Å². The van der Waals surface area contributed by atoms with E-state index in [0.717, 1.165) is 37.2 Å². The number of halogens is 1. The summed E-state index contributed by atoms with van der Waals surface area (Å²) in [7, 11) is 1.62. The fourth-order valence-electron chi connectivity index (χ4n) is 3.28. The Balaban J connectivity index is 1.87. The number of hydrogen-bond acceptors (Lipinski definition) is 4. The van der Waals surface area contributed by atoms with E-state index in [0.29, 0.717) is 18.0 Å². The van der Waals surface area contributed by atoms with E-state index in [-0.39, 0.29) is 9.96 Å². The normalized spacial score (nSPS) is 21.7. The molecule has 2 N–H and O–H groups in total. The van der Waals surface area contributed by atoms with E-state index in [2.05, 4.69) is 27.5 Å². The summed E-state index contributed by atoms with van der Waals surface area (Å²) in [4.78, 5) is 17.0. The van der Waals surface area contributed by atoms with Crippen molar-refractivity contribution in [2.75, 3.05) is 37.4 Å². The molecule has 1 amide bonds. The van der Waals surface area contributed by atoms with Gasteiger partial charge in [0.2, 0.25) is 5.91 Å². The van der Waals surface area contributed by atoms with Crippen molar-refractivity contribution in [3.8, 4) is 5.75 Å². The second-order valence-corrected chi connectivity index (χ2v) is 7.38. The van der Waals surface area contributed by atoms with Crippen LogP contribution in [-0.2, 0) is 11.2 Å². The smallest absolute Gasteiger partial charge is 0.242 e. The number of nitrogens with zero attached hydrogens (tertiary/aromatic N) is 2. The van der Waals surface area contributed by atoms with E-state index < -0.39 is 0 Å². The van der Waals surface area contributed by atoms with Crippen molar-refractivity contribution >= 4 is 39.9 Å². The van der Waals surface area contributed by atoms with Gasteiger partial charge in [0.05, 0.1) is 29.1 Å². The Morgan fingerprint density at radius 1 is 1.41 bits per heavy atom. The molecule has 0 radical (unpaired) electrons. The second kappa shape index (κ2) is 6.62. The van der Waals surface area contributed by atoms with Gasteiger partial charge in [-0.05, 0) is 56.5 Å². The van der Waals surface area contributed by atoms with Crippen molar-refractivity contribution in [2.45, 2.75) is 29.7 Å². The predicted octanol–water partition coefficient (Wildman–Crippen LogP) is 2.41. The number of aryl methyl sites for hydroxylation is 1. The third kappa shape index (κ3) is 3.03. The van der Waals surface area contributed by atoms with Crippen LogP contribution in [0.15, 0.2) is 12.1 Å². The first-order valence-electron chi connectivity index (χ1n) is 7.75. The number of amides is 1. The van der Waals surface area contributed by atoms with Crippen molar-refractivity contribution in [1.82, 2.24) is 4.90 Å². The Morgan fingerprint density at radius 3 is 2.82 bits per heavy atom. The van der Waals surface area contributed by atoms with Crippen LogP contribution < -0.4 is 15.4 Å². The van der Waals surface area contributed by atoms with Crippen LogP contribution in [-0.4, -0.2) is 41.6 Å². The zero-order chi connectivity index (χ0) is 15.7. The fourth-order valence-corrected chi connectivity index (χ4v) is 4.20. The predicted molar refractivity (Wildman–Crippen MR) is 96.7 cm³/mol. The molecule has 1 saturated heterocycles. The van der Waals surface area contributed by atoms with Gasteiger partial charge in [0.1, 0.15) is 5.75 Å². The van der Waals surface area contributed by atoms with Crippen LogP contribution in [0.4, 0.5) is 11.4 Å². The Morgan fingerprint density at radius 2 is 2.14 bits per heavy atom. The molecule has 2 aliphatic heterocycles. The molecule has 2 heterocycles. The van der Waals surface area contributed by atoms with Gasteiger partial charge in [-0.3, -0.25) is 14.6 Å². The Kier molecular flexibility index (Phi) is 4.77. The van der Waals surface area contributed by atoms with Gasteiger partial charge < -0.3 is 10.5 Å². The molecule has 0 spiro atoms. The van der Waals surface area contributed by atoms with Gasteiger partial charge >= 0.3 is 0 Å². The van der Waals surface area contributed by atoms with Gasteiger partial charge in [0, 0.05) is 0 Å². The third-order valence-corrected chi connectivity index (χ3v) is 5.63. The number of hydrogen-bond donors (Lipinski definition) is 1. The monoisotopic (exact) mass is 415 g/mol. The molecule has 6 heteroatoms. The van der Waals surface area contributed by atoms with E-state index in [1.165, 1.54) is 12.8 Å². The molecule has 1 aromatic carbocycles. The van der Waals surface area contributed by atoms with Gasteiger partial charge in [0.15, 0.2) is 0 Å². The molecule has 3 rings (SSSR count). The number of methoxy groups -OCH3 is 1. The molecular weight excluding hydrogens is 393 g/mol. The lowest BCUT2D eigenvalue weighted by molar-refractivity contribution is -0.119. The standard InChI is InChI=1S/C16H22IN3O2/c1-22-14-8-11-4-5-15(17)20(13(11)9-12(14)18)16(21)10-19-6-2-3-7-19/h8-9,15H,2-7,10,18H2,1H3. The number of anilines is 2. The number of fused-ring (bicyclic) bond motifs is 1. The summed E-state index contributed by atoms with van der Waals surface area (Å²) < 4.78 is 5.49. The molecule has 1 aromatic rings. The molecule has 1 atom stereocenters. The molecule has 0 saturated carbocycles. The quantitative estimate of drug-likeness (QED) is 0.357. The molecule has 120 valence electrons. The number of carbonyl (C=O) groups is 1. The summed E-state index contributed by atoms with van der Waals surface area (Å²) >= 11 is 2.36. The zero-order valence-corrected chi connectivity index (χ0v) is 15.0. The van der Waals surface area contributed by atoms with Gasteiger partial charge in [-0.2, -0.15) is 0 Å². The first kappa shape index (κ1) is 15.9. The summed E-state index contributed by atoms with van der Waals surface area (Å²) in [6, 6.07) is 3.87. The van der Waals surface area contributed by atoms with E-state index in [1.54, 1.807) is 7.11 Å². The summed E-state index contributed by atoms with van der Waals surface area (Å²) in [5.41, 5.74) is 8.74.